The van der Waals surface area contributed by atoms with E-state index < -0.39 is 18.6 Å². The van der Waals surface area contributed by atoms with Crippen LogP contribution < -0.4 is 11.1 Å². The Bertz CT molecular complexity index is 533. The number of unbranched alkanes of at least 4 members (excludes halogenated alkanes) is 1. The van der Waals surface area contributed by atoms with Crippen LogP contribution in [-0.2, 0) is 11.3 Å². The summed E-state index contributed by atoms with van der Waals surface area (Å²) in [4.78, 5) is 11.6. The van der Waals surface area contributed by atoms with E-state index in [2.05, 4.69) is 17.4 Å². The standard InChI is InChI=1S/C17H27BN2O4.2ClH/c19-17(16(21)22,8-4-5-9-18(23)24)14-10-15(11-14)20-12-13-6-2-1-3-7-13;;/h1-3,6-7,14-15,20,23-24H,4-5,8-12,19H2,(H,21,22);2*1H. The minimum Gasteiger partial charge on any atom is -0.480 e. The fourth-order valence-corrected chi connectivity index (χ4v) is 3.29. The van der Waals surface area contributed by atoms with Gasteiger partial charge in [-0.25, -0.2) is 0 Å². The number of hydrogen-bond acceptors (Lipinski definition) is 5. The normalized spacial score (nSPS) is 20.7. The lowest BCUT2D eigenvalue weighted by atomic mass is 9.66. The third-order valence-electron chi connectivity index (χ3n) is 5.01. The largest absolute Gasteiger partial charge is 0.480 e. The summed E-state index contributed by atoms with van der Waals surface area (Å²) in [5.74, 6) is -0.999. The topological polar surface area (TPSA) is 116 Å². The van der Waals surface area contributed by atoms with Crippen LogP contribution in [0.4, 0.5) is 0 Å². The molecule has 0 radical (unpaired) electrons. The Morgan fingerprint density at radius 2 is 1.81 bits per heavy atom. The Morgan fingerprint density at radius 1 is 1.19 bits per heavy atom. The predicted molar refractivity (Wildman–Crippen MR) is 108 cm³/mol. The lowest BCUT2D eigenvalue weighted by molar-refractivity contribution is -0.148. The van der Waals surface area contributed by atoms with Gasteiger partial charge in [-0.3, -0.25) is 4.79 Å². The van der Waals surface area contributed by atoms with E-state index in [1.165, 1.54) is 5.56 Å². The fraction of sp³-hybridized carbons (Fsp3) is 0.588. The van der Waals surface area contributed by atoms with Crippen LogP contribution in [0.15, 0.2) is 30.3 Å². The first kappa shape index (κ1) is 25.2. The first-order valence-corrected chi connectivity index (χ1v) is 8.57. The minimum absolute atomic E-state index is 0. The van der Waals surface area contributed by atoms with Crippen molar-refractivity contribution < 1.29 is 19.9 Å². The predicted octanol–water partition coefficient (Wildman–Crippen LogP) is 1.82. The molecule has 1 fully saturated rings. The number of halogens is 2. The number of nitrogens with one attached hydrogen (secondary N) is 1. The van der Waals surface area contributed by atoms with E-state index in [1.807, 2.05) is 18.2 Å². The summed E-state index contributed by atoms with van der Waals surface area (Å²) in [5, 5.41) is 30.7. The zero-order chi connectivity index (χ0) is 17.6. The summed E-state index contributed by atoms with van der Waals surface area (Å²) in [7, 11) is -1.34. The molecule has 0 spiro atoms. The average molecular weight is 407 g/mol. The number of rotatable bonds is 10. The van der Waals surface area contributed by atoms with Crippen molar-refractivity contribution in [1.82, 2.24) is 5.32 Å². The van der Waals surface area contributed by atoms with Crippen molar-refractivity contribution in [1.29, 1.82) is 0 Å². The number of hydrogen-bond donors (Lipinski definition) is 5. The van der Waals surface area contributed by atoms with E-state index in [9.17, 15) is 9.90 Å². The molecule has 26 heavy (non-hydrogen) atoms. The van der Waals surface area contributed by atoms with Gasteiger partial charge in [-0.05, 0) is 37.1 Å². The highest BCUT2D eigenvalue weighted by molar-refractivity contribution is 6.40. The van der Waals surface area contributed by atoms with Gasteiger partial charge in [0.2, 0.25) is 0 Å². The van der Waals surface area contributed by atoms with Crippen molar-refractivity contribution in [2.75, 3.05) is 0 Å². The summed E-state index contributed by atoms with van der Waals surface area (Å²) < 4.78 is 0. The van der Waals surface area contributed by atoms with Crippen LogP contribution in [0, 0.1) is 5.92 Å². The maximum Gasteiger partial charge on any atom is 0.451 e. The van der Waals surface area contributed by atoms with E-state index in [1.54, 1.807) is 0 Å². The van der Waals surface area contributed by atoms with Gasteiger partial charge in [-0.15, -0.1) is 24.8 Å². The molecule has 1 aromatic rings. The first-order chi connectivity index (χ1) is 11.4. The van der Waals surface area contributed by atoms with E-state index in [0.29, 0.717) is 25.3 Å². The number of nitrogens with two attached hydrogens (primary N) is 1. The average Bonchev–Trinajstić information content (AvgIpc) is 2.50. The highest BCUT2D eigenvalue weighted by Gasteiger charge is 2.47. The zero-order valence-electron chi connectivity index (χ0n) is 14.7. The second kappa shape index (κ2) is 11.8. The monoisotopic (exact) mass is 406 g/mol. The molecule has 1 aromatic carbocycles. The molecule has 0 aromatic heterocycles. The summed E-state index contributed by atoms with van der Waals surface area (Å²) in [6.07, 6.45) is 3.29. The summed E-state index contributed by atoms with van der Waals surface area (Å²) in [6, 6.07) is 10.4. The summed E-state index contributed by atoms with van der Waals surface area (Å²) in [6.45, 7) is 0.775. The number of benzene rings is 1. The maximum absolute atomic E-state index is 11.6. The molecule has 6 nitrogen and oxygen atoms in total. The molecule has 148 valence electrons. The number of carbonyl (C=O) groups is 1. The van der Waals surface area contributed by atoms with Crippen molar-refractivity contribution in [3.8, 4) is 0 Å². The Balaban J connectivity index is 0.00000312. The van der Waals surface area contributed by atoms with Gasteiger partial charge in [0.05, 0.1) is 0 Å². The molecule has 0 aliphatic heterocycles. The second-order valence-electron chi connectivity index (χ2n) is 6.80. The van der Waals surface area contributed by atoms with E-state index in [0.717, 1.165) is 19.4 Å². The maximum atomic E-state index is 11.6. The van der Waals surface area contributed by atoms with Crippen molar-refractivity contribution >= 4 is 37.9 Å². The fourth-order valence-electron chi connectivity index (χ4n) is 3.29. The third kappa shape index (κ3) is 7.06. The molecule has 6 N–H and O–H groups in total. The van der Waals surface area contributed by atoms with Gasteiger partial charge in [0.15, 0.2) is 0 Å². The Hall–Kier alpha value is -0.825. The summed E-state index contributed by atoms with van der Waals surface area (Å²) >= 11 is 0. The van der Waals surface area contributed by atoms with Gasteiger partial charge in [0, 0.05) is 12.6 Å². The van der Waals surface area contributed by atoms with Gasteiger partial charge < -0.3 is 26.2 Å². The highest BCUT2D eigenvalue weighted by atomic mass is 35.5. The van der Waals surface area contributed by atoms with Crippen LogP contribution in [0.2, 0.25) is 6.32 Å². The zero-order valence-corrected chi connectivity index (χ0v) is 16.3. The molecule has 1 aliphatic rings. The molecule has 2 rings (SSSR count). The van der Waals surface area contributed by atoms with E-state index in [-0.39, 0.29) is 37.1 Å². The van der Waals surface area contributed by atoms with Crippen molar-refractivity contribution in [2.45, 2.75) is 56.5 Å². The molecular formula is C17H29BCl2N2O4. The Kier molecular flexibility index (Phi) is 11.4. The van der Waals surface area contributed by atoms with Crippen molar-refractivity contribution in [2.24, 2.45) is 11.7 Å². The lowest BCUT2D eigenvalue weighted by Crippen LogP contribution is -2.61. The number of carboxylic acid groups (broad SMARTS) is 1. The molecule has 0 bridgehead atoms. The summed E-state index contributed by atoms with van der Waals surface area (Å²) in [5.41, 5.74) is 6.17. The number of aliphatic carboxylic acids is 1. The smallest absolute Gasteiger partial charge is 0.451 e. The third-order valence-corrected chi connectivity index (χ3v) is 5.01. The molecule has 1 saturated carbocycles. The quantitative estimate of drug-likeness (QED) is 0.299. The molecular weight excluding hydrogens is 378 g/mol. The van der Waals surface area contributed by atoms with Crippen LogP contribution in [0.3, 0.4) is 0 Å². The Labute approximate surface area is 167 Å². The lowest BCUT2D eigenvalue weighted by Gasteiger charge is -2.45. The second-order valence-corrected chi connectivity index (χ2v) is 6.80. The molecule has 0 amide bonds. The van der Waals surface area contributed by atoms with Crippen LogP contribution in [-0.4, -0.2) is 39.8 Å². The van der Waals surface area contributed by atoms with Crippen LogP contribution >= 0.6 is 24.8 Å². The van der Waals surface area contributed by atoms with E-state index >= 15 is 0 Å². The van der Waals surface area contributed by atoms with Gasteiger partial charge in [0.1, 0.15) is 5.54 Å². The van der Waals surface area contributed by atoms with Crippen molar-refractivity contribution in [3.05, 3.63) is 35.9 Å². The van der Waals surface area contributed by atoms with Gasteiger partial charge in [0.25, 0.3) is 0 Å². The Morgan fingerprint density at radius 3 is 2.35 bits per heavy atom. The highest BCUT2D eigenvalue weighted by Crippen LogP contribution is 2.38. The molecule has 0 saturated heterocycles. The van der Waals surface area contributed by atoms with Gasteiger partial charge in [-0.1, -0.05) is 43.2 Å². The number of carboxylic acids is 1. The molecule has 0 heterocycles. The van der Waals surface area contributed by atoms with Gasteiger partial charge >= 0.3 is 13.1 Å². The van der Waals surface area contributed by atoms with Crippen LogP contribution in [0.25, 0.3) is 0 Å². The van der Waals surface area contributed by atoms with Crippen molar-refractivity contribution in [3.63, 3.8) is 0 Å². The molecule has 1 unspecified atom stereocenters. The molecule has 1 aliphatic carbocycles. The molecule has 9 heteroatoms. The minimum atomic E-state index is -1.34. The van der Waals surface area contributed by atoms with Crippen LogP contribution in [0.5, 0.6) is 0 Å². The molecule has 1 atom stereocenters. The van der Waals surface area contributed by atoms with Crippen LogP contribution in [0.1, 0.15) is 37.7 Å². The first-order valence-electron chi connectivity index (χ1n) is 8.57. The van der Waals surface area contributed by atoms with E-state index in [4.69, 9.17) is 15.8 Å². The SMILES string of the molecule is Cl.Cl.NC(CCCCB(O)O)(C(=O)O)C1CC(NCc2ccccc2)C1. The van der Waals surface area contributed by atoms with Gasteiger partial charge in [-0.2, -0.15) is 0 Å².